The van der Waals surface area contributed by atoms with E-state index in [0.717, 1.165) is 23.3 Å². The molecule has 0 aromatic carbocycles. The van der Waals surface area contributed by atoms with Crippen LogP contribution in [0, 0.1) is 23.7 Å². The molecular formula is C16H23NOS. The van der Waals surface area contributed by atoms with Crippen LogP contribution in [0.3, 0.4) is 0 Å². The second-order valence-electron chi connectivity index (χ2n) is 5.52. The van der Waals surface area contributed by atoms with Gasteiger partial charge in [0.15, 0.2) is 0 Å². The van der Waals surface area contributed by atoms with Crippen molar-refractivity contribution in [2.75, 3.05) is 19.7 Å². The van der Waals surface area contributed by atoms with E-state index in [9.17, 15) is 0 Å². The number of thiophene rings is 1. The van der Waals surface area contributed by atoms with Gasteiger partial charge in [-0.1, -0.05) is 25.7 Å². The lowest BCUT2D eigenvalue weighted by Gasteiger charge is -2.34. The van der Waals surface area contributed by atoms with E-state index >= 15 is 0 Å². The van der Waals surface area contributed by atoms with Crippen LogP contribution >= 0.6 is 11.3 Å². The fraction of sp³-hybridized carbons (Fsp3) is 0.625. The minimum Gasteiger partial charge on any atom is -0.395 e. The largest absolute Gasteiger partial charge is 0.395 e. The minimum atomic E-state index is 0.148. The summed E-state index contributed by atoms with van der Waals surface area (Å²) < 4.78 is 0. The lowest BCUT2D eigenvalue weighted by Crippen LogP contribution is -2.37. The Bertz CT molecular complexity index is 457. The minimum absolute atomic E-state index is 0.148. The van der Waals surface area contributed by atoms with Gasteiger partial charge in [-0.3, -0.25) is 4.90 Å². The summed E-state index contributed by atoms with van der Waals surface area (Å²) in [4.78, 5) is 5.07. The van der Waals surface area contributed by atoms with Gasteiger partial charge in [0.25, 0.3) is 0 Å². The summed E-state index contributed by atoms with van der Waals surface area (Å²) in [6.07, 6.45) is 1.88. The number of rotatable bonds is 3. The van der Waals surface area contributed by atoms with E-state index in [1.807, 2.05) is 0 Å². The monoisotopic (exact) mass is 277 g/mol. The fourth-order valence-corrected chi connectivity index (χ4v) is 3.37. The number of piperidine rings is 1. The first-order valence-corrected chi connectivity index (χ1v) is 7.91. The quantitative estimate of drug-likeness (QED) is 0.859. The van der Waals surface area contributed by atoms with Crippen LogP contribution in [0.4, 0.5) is 0 Å². The molecule has 0 spiro atoms. The average molecular weight is 277 g/mol. The number of likely N-dealkylation sites (tertiary alicyclic amines) is 1. The van der Waals surface area contributed by atoms with E-state index in [1.165, 1.54) is 24.4 Å². The van der Waals surface area contributed by atoms with Crippen molar-refractivity contribution in [1.82, 2.24) is 4.90 Å². The first-order chi connectivity index (χ1) is 9.19. The SMILES string of the molecule is CC1CCN(Cc2ccc(C#CCCO)s2)CC1C. The molecule has 1 fully saturated rings. The zero-order valence-corrected chi connectivity index (χ0v) is 12.7. The summed E-state index contributed by atoms with van der Waals surface area (Å²) in [7, 11) is 0. The fourth-order valence-electron chi connectivity index (χ4n) is 2.45. The van der Waals surface area contributed by atoms with Crippen LogP contribution in [-0.4, -0.2) is 29.7 Å². The molecule has 19 heavy (non-hydrogen) atoms. The highest BCUT2D eigenvalue weighted by Crippen LogP contribution is 2.25. The van der Waals surface area contributed by atoms with E-state index in [4.69, 9.17) is 5.11 Å². The smallest absolute Gasteiger partial charge is 0.0771 e. The van der Waals surface area contributed by atoms with Crippen LogP contribution in [-0.2, 0) is 6.54 Å². The van der Waals surface area contributed by atoms with Crippen LogP contribution in [0.25, 0.3) is 0 Å². The number of hydrogen-bond donors (Lipinski definition) is 1. The lowest BCUT2D eigenvalue weighted by atomic mass is 9.89. The Morgan fingerprint density at radius 3 is 2.95 bits per heavy atom. The highest BCUT2D eigenvalue weighted by atomic mass is 32.1. The van der Waals surface area contributed by atoms with Gasteiger partial charge in [0.05, 0.1) is 11.5 Å². The predicted octanol–water partition coefficient (Wildman–Crippen LogP) is 2.96. The summed E-state index contributed by atoms with van der Waals surface area (Å²) in [5.41, 5.74) is 0. The van der Waals surface area contributed by atoms with Crippen LogP contribution in [0.2, 0.25) is 0 Å². The first kappa shape index (κ1) is 14.6. The van der Waals surface area contributed by atoms with Gasteiger partial charge in [0.1, 0.15) is 0 Å². The predicted molar refractivity (Wildman–Crippen MR) is 81.1 cm³/mol. The standard InChI is InChI=1S/C16H23NOS/c1-13-8-9-17(11-14(13)2)12-16-7-6-15(19-16)5-3-4-10-18/h6-7,13-14,18H,4,8-12H2,1-2H3. The zero-order chi connectivity index (χ0) is 13.7. The van der Waals surface area contributed by atoms with Gasteiger partial charge in [-0.15, -0.1) is 11.3 Å². The molecule has 2 atom stereocenters. The molecule has 1 aromatic heterocycles. The molecule has 2 rings (SSSR count). The molecular weight excluding hydrogens is 254 g/mol. The highest BCUT2D eigenvalue weighted by Gasteiger charge is 2.22. The molecule has 2 heterocycles. The van der Waals surface area contributed by atoms with Gasteiger partial charge in [-0.05, 0) is 36.9 Å². The molecule has 1 aromatic rings. The highest BCUT2D eigenvalue weighted by molar-refractivity contribution is 7.12. The second-order valence-corrected chi connectivity index (χ2v) is 6.69. The van der Waals surface area contributed by atoms with Crippen molar-refractivity contribution in [2.45, 2.75) is 33.2 Å². The first-order valence-electron chi connectivity index (χ1n) is 7.10. The number of aliphatic hydroxyl groups is 1. The van der Waals surface area contributed by atoms with Crippen LogP contribution < -0.4 is 0 Å². The van der Waals surface area contributed by atoms with Gasteiger partial charge < -0.3 is 5.11 Å². The Kier molecular flexibility index (Phi) is 5.45. The Morgan fingerprint density at radius 1 is 1.37 bits per heavy atom. The normalized spacial score (nSPS) is 23.9. The summed E-state index contributed by atoms with van der Waals surface area (Å²) in [5, 5.41) is 8.71. The van der Waals surface area contributed by atoms with Gasteiger partial charge in [-0.25, -0.2) is 0 Å². The third-order valence-electron chi connectivity index (χ3n) is 3.91. The van der Waals surface area contributed by atoms with Crippen molar-refractivity contribution in [2.24, 2.45) is 11.8 Å². The van der Waals surface area contributed by atoms with Gasteiger partial charge >= 0.3 is 0 Å². The molecule has 2 nitrogen and oxygen atoms in total. The van der Waals surface area contributed by atoms with Crippen molar-refractivity contribution < 1.29 is 5.11 Å². The van der Waals surface area contributed by atoms with E-state index in [1.54, 1.807) is 11.3 Å². The van der Waals surface area contributed by atoms with Crippen molar-refractivity contribution in [3.63, 3.8) is 0 Å². The maximum atomic E-state index is 8.71. The molecule has 0 amide bonds. The molecule has 1 aliphatic heterocycles. The molecule has 3 heteroatoms. The Balaban J connectivity index is 1.88. The number of aliphatic hydroxyl groups excluding tert-OH is 1. The second kappa shape index (κ2) is 7.09. The van der Waals surface area contributed by atoms with E-state index in [-0.39, 0.29) is 6.61 Å². The summed E-state index contributed by atoms with van der Waals surface area (Å²) in [6, 6.07) is 4.29. The van der Waals surface area contributed by atoms with E-state index in [2.05, 4.69) is 42.7 Å². The van der Waals surface area contributed by atoms with Crippen LogP contribution in [0.1, 0.15) is 36.4 Å². The van der Waals surface area contributed by atoms with Gasteiger partial charge in [0.2, 0.25) is 0 Å². The third-order valence-corrected chi connectivity index (χ3v) is 4.89. The van der Waals surface area contributed by atoms with Crippen molar-refractivity contribution >= 4 is 11.3 Å². The Morgan fingerprint density at radius 2 is 2.21 bits per heavy atom. The van der Waals surface area contributed by atoms with Crippen molar-refractivity contribution in [1.29, 1.82) is 0 Å². The van der Waals surface area contributed by atoms with Crippen molar-refractivity contribution in [3.8, 4) is 11.8 Å². The summed E-state index contributed by atoms with van der Waals surface area (Å²) in [5.74, 6) is 7.75. The number of nitrogens with zero attached hydrogens (tertiary/aromatic N) is 1. The molecule has 0 radical (unpaired) electrons. The molecule has 0 bridgehead atoms. The average Bonchev–Trinajstić information content (AvgIpc) is 2.82. The maximum absolute atomic E-state index is 8.71. The molecule has 104 valence electrons. The molecule has 1 saturated heterocycles. The van der Waals surface area contributed by atoms with Crippen LogP contribution in [0.5, 0.6) is 0 Å². The van der Waals surface area contributed by atoms with Crippen LogP contribution in [0.15, 0.2) is 12.1 Å². The molecule has 2 unspecified atom stereocenters. The number of hydrogen-bond acceptors (Lipinski definition) is 3. The molecule has 0 aliphatic carbocycles. The Labute approximate surface area is 120 Å². The summed E-state index contributed by atoms with van der Waals surface area (Å²) >= 11 is 1.78. The van der Waals surface area contributed by atoms with Crippen molar-refractivity contribution in [3.05, 3.63) is 21.9 Å². The lowest BCUT2D eigenvalue weighted by molar-refractivity contribution is 0.133. The Hall–Kier alpha value is -0.820. The third kappa shape index (κ3) is 4.35. The van der Waals surface area contributed by atoms with E-state index < -0.39 is 0 Å². The summed E-state index contributed by atoms with van der Waals surface area (Å²) in [6.45, 7) is 8.36. The molecule has 1 N–H and O–H groups in total. The van der Waals surface area contributed by atoms with Gasteiger partial charge in [-0.2, -0.15) is 0 Å². The van der Waals surface area contributed by atoms with E-state index in [0.29, 0.717) is 6.42 Å². The van der Waals surface area contributed by atoms with Gasteiger partial charge in [0, 0.05) is 24.4 Å². The maximum Gasteiger partial charge on any atom is 0.0771 e. The molecule has 0 saturated carbocycles. The zero-order valence-electron chi connectivity index (χ0n) is 11.9. The topological polar surface area (TPSA) is 23.5 Å². The molecule has 1 aliphatic rings.